The molecule has 10 aromatic rings. The van der Waals surface area contributed by atoms with Gasteiger partial charge in [-0.2, -0.15) is 0 Å². The average Bonchev–Trinajstić information content (AvgIpc) is 4.11. The van der Waals surface area contributed by atoms with Crippen molar-refractivity contribution in [2.45, 2.75) is 30.3 Å². The summed E-state index contributed by atoms with van der Waals surface area (Å²) in [5.74, 6) is 1.12. The molecule has 0 fully saturated rings. The molecule has 0 radical (unpaired) electrons. The van der Waals surface area contributed by atoms with Crippen LogP contribution in [0.4, 0.5) is 0 Å². The zero-order valence-corrected chi connectivity index (χ0v) is 31.4. The van der Waals surface area contributed by atoms with E-state index in [2.05, 4.69) is 168 Å². The van der Waals surface area contributed by atoms with Crippen molar-refractivity contribution in [1.82, 2.24) is 4.40 Å². The number of allylic oxidation sites excluding steroid dienone is 4. The number of para-hydroxylation sites is 2. The van der Waals surface area contributed by atoms with Crippen molar-refractivity contribution in [3.63, 3.8) is 0 Å². The molecule has 4 heterocycles. The van der Waals surface area contributed by atoms with Crippen LogP contribution in [-0.2, 0) is 5.41 Å². The first-order chi connectivity index (χ1) is 28.8. The van der Waals surface area contributed by atoms with Crippen LogP contribution in [0, 0.1) is 0 Å². The highest BCUT2D eigenvalue weighted by Crippen LogP contribution is 2.65. The highest BCUT2D eigenvalue weighted by molar-refractivity contribution is 6.25. The molecule has 7 aromatic carbocycles. The summed E-state index contributed by atoms with van der Waals surface area (Å²) in [4.78, 5) is 0. The summed E-state index contributed by atoms with van der Waals surface area (Å²) in [7, 11) is 0. The van der Waals surface area contributed by atoms with Crippen molar-refractivity contribution in [2.75, 3.05) is 0 Å². The van der Waals surface area contributed by atoms with Gasteiger partial charge in [0.25, 0.3) is 0 Å². The number of aromatic nitrogens is 1. The van der Waals surface area contributed by atoms with E-state index in [9.17, 15) is 0 Å². The second kappa shape index (κ2) is 10.2. The molecule has 0 N–H and O–H groups in total. The Morgan fingerprint density at radius 1 is 0.569 bits per heavy atom. The van der Waals surface area contributed by atoms with Crippen LogP contribution in [0.1, 0.15) is 63.9 Å². The van der Waals surface area contributed by atoms with E-state index in [0.717, 1.165) is 46.0 Å². The molecule has 3 nitrogen and oxygen atoms in total. The van der Waals surface area contributed by atoms with E-state index in [-0.39, 0.29) is 17.4 Å². The number of fused-ring (bicyclic) bond motifs is 24. The van der Waals surface area contributed by atoms with Crippen molar-refractivity contribution >= 4 is 60.8 Å². The van der Waals surface area contributed by atoms with Gasteiger partial charge in [-0.3, -0.25) is 0 Å². The lowest BCUT2D eigenvalue weighted by atomic mass is 9.69. The van der Waals surface area contributed by atoms with Gasteiger partial charge >= 0.3 is 0 Å². The molecule has 1 aliphatic heterocycles. The van der Waals surface area contributed by atoms with Crippen LogP contribution in [0.25, 0.3) is 83.0 Å². The number of nitrogens with zero attached hydrogens (tertiary/aromatic N) is 1. The summed E-state index contributed by atoms with van der Waals surface area (Å²) in [6.45, 7) is 0. The molecule has 0 saturated heterocycles. The van der Waals surface area contributed by atoms with E-state index in [4.69, 9.17) is 9.15 Å². The van der Waals surface area contributed by atoms with Gasteiger partial charge in [0, 0.05) is 44.0 Å². The standard InChI is InChI=1S/C55H33NO2/c1-6-16-44-32(11-1)33-12-2-7-17-45(33)55(44)46-18-8-3-13-34(46)35-22-21-30(29-47(35)55)31-27-42-38-23-25-40-36-14-4-9-19-48(36)57-53(40)51(38)56-50(42)43(28-31)39-24-26-41-37-15-5-10-20-49(37)58-54(41)52(39)56/h1-2,4-7,9-29,40,53H,3,8H2. The van der Waals surface area contributed by atoms with Crippen LogP contribution in [0.3, 0.4) is 0 Å². The SMILES string of the molecule is C1=CC2c3ccccc3OC2c2c1c1cc(-c3ccc4c(c3)C3(C5=CCCC=C54)c4ccccc4-c4ccccc43)cc3c4ccc5c6ccccc6oc5c4n2c13. The average molecular weight is 740 g/mol. The third-order valence-corrected chi connectivity index (χ3v) is 14.3. The van der Waals surface area contributed by atoms with E-state index in [1.165, 1.54) is 94.2 Å². The Morgan fingerprint density at radius 2 is 1.33 bits per heavy atom. The molecule has 2 unspecified atom stereocenters. The maximum Gasteiger partial charge on any atom is 0.160 e. The molecule has 3 aromatic heterocycles. The fourth-order valence-corrected chi connectivity index (χ4v) is 12.1. The zero-order valence-electron chi connectivity index (χ0n) is 31.4. The molecule has 3 heteroatoms. The molecule has 1 spiro atoms. The Bertz CT molecular complexity index is 3580. The van der Waals surface area contributed by atoms with Crippen molar-refractivity contribution in [3.8, 4) is 28.0 Å². The van der Waals surface area contributed by atoms with Gasteiger partial charge in [-0.1, -0.05) is 127 Å². The largest absolute Gasteiger partial charge is 0.483 e. The lowest BCUT2D eigenvalue weighted by molar-refractivity contribution is 0.217. The smallest absolute Gasteiger partial charge is 0.160 e. The molecule has 0 amide bonds. The summed E-state index contributed by atoms with van der Waals surface area (Å²) >= 11 is 0. The van der Waals surface area contributed by atoms with Gasteiger partial charge in [-0.25, -0.2) is 0 Å². The molecule has 5 aliphatic rings. The molecular weight excluding hydrogens is 707 g/mol. The van der Waals surface area contributed by atoms with Gasteiger partial charge in [0.05, 0.1) is 22.1 Å². The predicted molar refractivity (Wildman–Crippen MR) is 235 cm³/mol. The number of furan rings is 1. The Kier molecular flexibility index (Phi) is 5.32. The summed E-state index contributed by atoms with van der Waals surface area (Å²) in [5, 5.41) is 5.98. The lowest BCUT2D eigenvalue weighted by Crippen LogP contribution is -2.26. The topological polar surface area (TPSA) is 26.8 Å². The minimum Gasteiger partial charge on any atom is -0.483 e. The number of ether oxygens (including phenoxy) is 1. The summed E-state index contributed by atoms with van der Waals surface area (Å²) in [5.41, 5.74) is 21.1. The van der Waals surface area contributed by atoms with E-state index in [0.29, 0.717) is 0 Å². The predicted octanol–water partition coefficient (Wildman–Crippen LogP) is 13.9. The number of hydrogen-bond donors (Lipinski definition) is 0. The van der Waals surface area contributed by atoms with Crippen LogP contribution >= 0.6 is 0 Å². The maximum absolute atomic E-state index is 6.93. The van der Waals surface area contributed by atoms with Gasteiger partial charge in [0.1, 0.15) is 17.4 Å². The summed E-state index contributed by atoms with van der Waals surface area (Å²) in [6, 6.07) is 52.0. The Hall–Kier alpha value is -7.10. The van der Waals surface area contributed by atoms with E-state index in [1.807, 2.05) is 0 Å². The first-order valence-corrected chi connectivity index (χ1v) is 20.6. The fourth-order valence-electron chi connectivity index (χ4n) is 12.1. The van der Waals surface area contributed by atoms with Crippen LogP contribution in [0.2, 0.25) is 0 Å². The molecular formula is C55H33NO2. The number of hydrogen-bond acceptors (Lipinski definition) is 2. The minimum absolute atomic E-state index is 0.140. The molecule has 270 valence electrons. The highest BCUT2D eigenvalue weighted by atomic mass is 16.5. The third kappa shape index (κ3) is 3.35. The Labute approximate surface area is 333 Å². The Balaban J connectivity index is 1.04. The normalized spacial score (nSPS) is 19.0. The second-order valence-corrected chi connectivity index (χ2v) is 16.9. The van der Waals surface area contributed by atoms with E-state index >= 15 is 0 Å². The summed E-state index contributed by atoms with van der Waals surface area (Å²) < 4.78 is 16.3. The maximum atomic E-state index is 6.93. The van der Waals surface area contributed by atoms with Gasteiger partial charge in [0.2, 0.25) is 0 Å². The van der Waals surface area contributed by atoms with Gasteiger partial charge < -0.3 is 13.6 Å². The van der Waals surface area contributed by atoms with Crippen molar-refractivity contribution < 1.29 is 9.15 Å². The molecule has 15 rings (SSSR count). The fraction of sp³-hybridized carbons (Fsp3) is 0.0909. The van der Waals surface area contributed by atoms with Crippen LogP contribution < -0.4 is 4.74 Å². The van der Waals surface area contributed by atoms with Gasteiger partial charge in [-0.15, -0.1) is 0 Å². The number of benzene rings is 7. The molecule has 4 aliphatic carbocycles. The van der Waals surface area contributed by atoms with Crippen LogP contribution in [0.5, 0.6) is 5.75 Å². The second-order valence-electron chi connectivity index (χ2n) is 16.9. The minimum atomic E-state index is -0.347. The first-order valence-electron chi connectivity index (χ1n) is 20.6. The quantitative estimate of drug-likeness (QED) is 0.168. The third-order valence-electron chi connectivity index (χ3n) is 14.3. The van der Waals surface area contributed by atoms with Gasteiger partial charge in [-0.05, 0) is 105 Å². The van der Waals surface area contributed by atoms with Crippen molar-refractivity contribution in [3.05, 3.63) is 202 Å². The Morgan fingerprint density at radius 3 is 2.22 bits per heavy atom. The molecule has 0 bridgehead atoms. The van der Waals surface area contributed by atoms with Gasteiger partial charge in [0.15, 0.2) is 5.58 Å². The van der Waals surface area contributed by atoms with Crippen LogP contribution in [0.15, 0.2) is 168 Å². The van der Waals surface area contributed by atoms with E-state index in [1.54, 1.807) is 0 Å². The highest BCUT2D eigenvalue weighted by Gasteiger charge is 2.53. The zero-order chi connectivity index (χ0) is 37.4. The lowest BCUT2D eigenvalue weighted by Gasteiger charge is -2.32. The number of rotatable bonds is 1. The van der Waals surface area contributed by atoms with Crippen molar-refractivity contribution in [2.24, 2.45) is 0 Å². The van der Waals surface area contributed by atoms with Crippen molar-refractivity contribution in [1.29, 1.82) is 0 Å². The first kappa shape index (κ1) is 30.1. The molecule has 58 heavy (non-hydrogen) atoms. The summed E-state index contributed by atoms with van der Waals surface area (Å²) in [6.07, 6.45) is 11.8. The van der Waals surface area contributed by atoms with E-state index < -0.39 is 0 Å². The molecule has 0 saturated carbocycles. The monoisotopic (exact) mass is 739 g/mol. The van der Waals surface area contributed by atoms with Crippen LogP contribution in [-0.4, -0.2) is 4.40 Å². The molecule has 2 atom stereocenters.